The van der Waals surface area contributed by atoms with Crippen molar-refractivity contribution in [1.82, 2.24) is 9.55 Å². The standard InChI is InChI=1S/C16H18N2OS/c1-4-7-18-11(2)17-10-14(18)16-8-12-5-6-13(19-3)9-15(12)20-16/h5-6,8-10H,4,7H2,1-3H3. The molecule has 0 saturated carbocycles. The summed E-state index contributed by atoms with van der Waals surface area (Å²) >= 11 is 1.79. The smallest absolute Gasteiger partial charge is 0.120 e. The maximum Gasteiger partial charge on any atom is 0.120 e. The zero-order valence-corrected chi connectivity index (χ0v) is 12.8. The first-order valence-corrected chi connectivity index (χ1v) is 7.64. The summed E-state index contributed by atoms with van der Waals surface area (Å²) in [5, 5.41) is 1.26. The van der Waals surface area contributed by atoms with Gasteiger partial charge < -0.3 is 9.30 Å². The lowest BCUT2D eigenvalue weighted by Gasteiger charge is -2.06. The molecule has 0 N–H and O–H groups in total. The number of rotatable bonds is 4. The largest absolute Gasteiger partial charge is 0.497 e. The van der Waals surface area contributed by atoms with Crippen molar-refractivity contribution >= 4 is 21.4 Å². The number of fused-ring (bicyclic) bond motifs is 1. The second-order valence-electron chi connectivity index (χ2n) is 4.86. The predicted octanol–water partition coefficient (Wildman–Crippen LogP) is 4.49. The molecule has 3 nitrogen and oxygen atoms in total. The third-order valence-corrected chi connectivity index (χ3v) is 4.60. The number of benzene rings is 1. The highest BCUT2D eigenvalue weighted by Gasteiger charge is 2.11. The maximum atomic E-state index is 5.29. The zero-order chi connectivity index (χ0) is 14.1. The molecule has 104 valence electrons. The van der Waals surface area contributed by atoms with E-state index in [4.69, 9.17) is 4.74 Å². The summed E-state index contributed by atoms with van der Waals surface area (Å²) in [6.45, 7) is 5.27. The van der Waals surface area contributed by atoms with Gasteiger partial charge in [0.1, 0.15) is 11.6 Å². The number of aromatic nitrogens is 2. The van der Waals surface area contributed by atoms with Gasteiger partial charge in [-0.05, 0) is 43.0 Å². The second kappa shape index (κ2) is 5.29. The van der Waals surface area contributed by atoms with Crippen molar-refractivity contribution in [2.45, 2.75) is 26.8 Å². The molecular weight excluding hydrogens is 268 g/mol. The van der Waals surface area contributed by atoms with Crippen LogP contribution >= 0.6 is 11.3 Å². The number of hydrogen-bond donors (Lipinski definition) is 0. The lowest BCUT2D eigenvalue weighted by molar-refractivity contribution is 0.415. The maximum absolute atomic E-state index is 5.29. The molecule has 4 heteroatoms. The second-order valence-corrected chi connectivity index (χ2v) is 5.94. The van der Waals surface area contributed by atoms with Crippen LogP contribution in [-0.4, -0.2) is 16.7 Å². The van der Waals surface area contributed by atoms with Crippen molar-refractivity contribution in [2.75, 3.05) is 7.11 Å². The first-order chi connectivity index (χ1) is 9.72. The molecule has 0 unspecified atom stereocenters. The van der Waals surface area contributed by atoms with E-state index in [-0.39, 0.29) is 0 Å². The fourth-order valence-corrected chi connectivity index (χ4v) is 3.55. The zero-order valence-electron chi connectivity index (χ0n) is 12.0. The van der Waals surface area contributed by atoms with Gasteiger partial charge in [0.15, 0.2) is 0 Å². The first kappa shape index (κ1) is 13.2. The van der Waals surface area contributed by atoms with Gasteiger partial charge in [-0.1, -0.05) is 6.92 Å². The highest BCUT2D eigenvalue weighted by Crippen LogP contribution is 2.35. The van der Waals surface area contributed by atoms with Crippen LogP contribution in [0.3, 0.4) is 0 Å². The van der Waals surface area contributed by atoms with Crippen LogP contribution in [0.4, 0.5) is 0 Å². The monoisotopic (exact) mass is 286 g/mol. The topological polar surface area (TPSA) is 27.1 Å². The number of nitrogens with zero attached hydrogens (tertiary/aromatic N) is 2. The van der Waals surface area contributed by atoms with Gasteiger partial charge in [0.05, 0.1) is 23.9 Å². The summed E-state index contributed by atoms with van der Waals surface area (Å²) in [5.74, 6) is 1.99. The van der Waals surface area contributed by atoms with Crippen molar-refractivity contribution in [1.29, 1.82) is 0 Å². The van der Waals surface area contributed by atoms with E-state index in [1.54, 1.807) is 18.4 Å². The number of aryl methyl sites for hydroxylation is 1. The van der Waals surface area contributed by atoms with Gasteiger partial charge in [-0.25, -0.2) is 4.98 Å². The summed E-state index contributed by atoms with van der Waals surface area (Å²) in [4.78, 5) is 5.73. The van der Waals surface area contributed by atoms with Gasteiger partial charge >= 0.3 is 0 Å². The molecule has 0 atom stereocenters. The molecule has 2 aromatic heterocycles. The molecule has 0 spiro atoms. The minimum atomic E-state index is 0.907. The van der Waals surface area contributed by atoms with Crippen molar-refractivity contribution < 1.29 is 4.74 Å². The normalized spacial score (nSPS) is 11.2. The van der Waals surface area contributed by atoms with E-state index in [1.165, 1.54) is 20.7 Å². The van der Waals surface area contributed by atoms with Crippen molar-refractivity contribution in [3.8, 4) is 16.3 Å². The summed E-state index contributed by atoms with van der Waals surface area (Å²) in [5.41, 5.74) is 1.21. The molecule has 0 saturated heterocycles. The number of ether oxygens (including phenoxy) is 1. The predicted molar refractivity (Wildman–Crippen MR) is 84.6 cm³/mol. The number of imidazole rings is 1. The van der Waals surface area contributed by atoms with Crippen molar-refractivity contribution in [3.63, 3.8) is 0 Å². The lowest BCUT2D eigenvalue weighted by Crippen LogP contribution is -2.00. The van der Waals surface area contributed by atoms with Crippen molar-refractivity contribution in [2.24, 2.45) is 0 Å². The Balaban J connectivity index is 2.10. The van der Waals surface area contributed by atoms with Gasteiger partial charge in [-0.3, -0.25) is 0 Å². The van der Waals surface area contributed by atoms with Crippen LogP contribution in [0.15, 0.2) is 30.5 Å². The van der Waals surface area contributed by atoms with Crippen LogP contribution in [-0.2, 0) is 6.54 Å². The Labute approximate surface area is 122 Å². The Morgan fingerprint density at radius 1 is 1.30 bits per heavy atom. The average Bonchev–Trinajstić information content (AvgIpc) is 3.02. The summed E-state index contributed by atoms with van der Waals surface area (Å²) in [7, 11) is 1.70. The molecule has 1 aromatic carbocycles. The van der Waals surface area contributed by atoms with E-state index in [2.05, 4.69) is 41.6 Å². The molecule has 0 aliphatic carbocycles. The van der Waals surface area contributed by atoms with Gasteiger partial charge in [0.2, 0.25) is 0 Å². The minimum Gasteiger partial charge on any atom is -0.497 e. The highest BCUT2D eigenvalue weighted by atomic mass is 32.1. The Bertz CT molecular complexity index is 742. The lowest BCUT2D eigenvalue weighted by atomic mass is 10.2. The number of methoxy groups -OCH3 is 1. The molecule has 20 heavy (non-hydrogen) atoms. The van der Waals surface area contributed by atoms with Gasteiger partial charge in [0.25, 0.3) is 0 Å². The molecule has 0 radical (unpaired) electrons. The van der Waals surface area contributed by atoms with Crippen LogP contribution in [0, 0.1) is 6.92 Å². The summed E-state index contributed by atoms with van der Waals surface area (Å²) < 4.78 is 8.84. The van der Waals surface area contributed by atoms with E-state index in [0.29, 0.717) is 0 Å². The van der Waals surface area contributed by atoms with E-state index >= 15 is 0 Å². The van der Waals surface area contributed by atoms with Crippen LogP contribution < -0.4 is 4.74 Å². The fourth-order valence-electron chi connectivity index (χ4n) is 2.44. The van der Waals surface area contributed by atoms with Crippen molar-refractivity contribution in [3.05, 3.63) is 36.3 Å². The van der Waals surface area contributed by atoms with Crippen LogP contribution in [0.5, 0.6) is 5.75 Å². The molecule has 0 fully saturated rings. The molecule has 2 heterocycles. The van der Waals surface area contributed by atoms with Gasteiger partial charge in [0, 0.05) is 11.2 Å². The van der Waals surface area contributed by atoms with E-state index in [0.717, 1.165) is 24.5 Å². The van der Waals surface area contributed by atoms with Crippen LogP contribution in [0.25, 0.3) is 20.7 Å². The number of thiophene rings is 1. The molecule has 0 aliphatic heterocycles. The Morgan fingerprint density at radius 2 is 2.15 bits per heavy atom. The Kier molecular flexibility index (Phi) is 3.49. The molecule has 0 amide bonds. The Hall–Kier alpha value is -1.81. The molecule has 3 aromatic rings. The van der Waals surface area contributed by atoms with E-state index < -0.39 is 0 Å². The Morgan fingerprint density at radius 3 is 2.90 bits per heavy atom. The SMILES string of the molecule is CCCn1c(-c2cc3ccc(OC)cc3s2)cnc1C. The molecule has 0 aliphatic rings. The fraction of sp³-hybridized carbons (Fsp3) is 0.312. The van der Waals surface area contributed by atoms with Crippen LogP contribution in [0.2, 0.25) is 0 Å². The van der Waals surface area contributed by atoms with Crippen LogP contribution in [0.1, 0.15) is 19.2 Å². The van der Waals surface area contributed by atoms with Gasteiger partial charge in [-0.15, -0.1) is 11.3 Å². The van der Waals surface area contributed by atoms with E-state index in [1.807, 2.05) is 12.3 Å². The molecule has 0 bridgehead atoms. The average molecular weight is 286 g/mol. The molecule has 3 rings (SSSR count). The summed E-state index contributed by atoms with van der Waals surface area (Å²) in [6, 6.07) is 8.45. The van der Waals surface area contributed by atoms with E-state index in [9.17, 15) is 0 Å². The highest BCUT2D eigenvalue weighted by molar-refractivity contribution is 7.22. The first-order valence-electron chi connectivity index (χ1n) is 6.83. The molecular formula is C16H18N2OS. The third-order valence-electron chi connectivity index (χ3n) is 3.48. The van der Waals surface area contributed by atoms with Gasteiger partial charge in [-0.2, -0.15) is 0 Å². The third kappa shape index (κ3) is 2.20. The quantitative estimate of drug-likeness (QED) is 0.706. The number of hydrogen-bond acceptors (Lipinski definition) is 3. The summed E-state index contributed by atoms with van der Waals surface area (Å²) in [6.07, 6.45) is 3.09. The minimum absolute atomic E-state index is 0.907.